The molecule has 1 amide bonds. The van der Waals surface area contributed by atoms with Gasteiger partial charge in [-0.25, -0.2) is 4.68 Å². The smallest absolute Gasteiger partial charge is 0.362 e. The van der Waals surface area contributed by atoms with Crippen LogP contribution in [0.15, 0.2) is 22.0 Å². The minimum Gasteiger partial charge on any atom is -0.362 e. The molecule has 0 spiro atoms. The molecule has 0 saturated heterocycles. The molecule has 0 aromatic carbocycles. The highest BCUT2D eigenvalue weighted by Gasteiger charge is 2.48. The molecule has 0 unspecified atom stereocenters. The van der Waals surface area contributed by atoms with E-state index in [2.05, 4.69) is 31.7 Å². The fourth-order valence-electron chi connectivity index (χ4n) is 2.80. The van der Waals surface area contributed by atoms with Crippen molar-refractivity contribution in [2.45, 2.75) is 51.0 Å². The Morgan fingerprint density at radius 1 is 1.58 bits per heavy atom. The van der Waals surface area contributed by atoms with Crippen LogP contribution in [0.3, 0.4) is 0 Å². The summed E-state index contributed by atoms with van der Waals surface area (Å²) in [6, 6.07) is 1.21. The zero-order valence-electron chi connectivity index (χ0n) is 14.1. The second kappa shape index (κ2) is 7.22. The zero-order chi connectivity index (χ0) is 19.1. The van der Waals surface area contributed by atoms with Gasteiger partial charge in [0.25, 0.3) is 5.91 Å². The van der Waals surface area contributed by atoms with Crippen molar-refractivity contribution in [1.29, 1.82) is 0 Å². The Labute approximate surface area is 161 Å². The lowest BCUT2D eigenvalue weighted by molar-refractivity contribution is -0.173. The average molecular weight is 451 g/mol. The third-order valence-electron chi connectivity index (χ3n) is 4.39. The fourth-order valence-corrected chi connectivity index (χ4v) is 4.15. The average Bonchev–Trinajstić information content (AvgIpc) is 3.21. The van der Waals surface area contributed by atoms with Gasteiger partial charge in [-0.05, 0) is 40.7 Å². The number of carbonyl (C=O) groups is 1. The molecule has 26 heavy (non-hydrogen) atoms. The van der Waals surface area contributed by atoms with Crippen LogP contribution < -0.4 is 10.6 Å². The Balaban J connectivity index is 2.00. The third-order valence-corrected chi connectivity index (χ3v) is 6.12. The first-order chi connectivity index (χ1) is 12.2. The van der Waals surface area contributed by atoms with Crippen LogP contribution in [0.25, 0.3) is 0 Å². The van der Waals surface area contributed by atoms with E-state index in [1.807, 2.05) is 19.2 Å². The number of halogens is 4. The van der Waals surface area contributed by atoms with Crippen LogP contribution >= 0.6 is 27.3 Å². The Bertz CT molecular complexity index is 790. The molecule has 1 aliphatic rings. The van der Waals surface area contributed by atoms with Gasteiger partial charge < -0.3 is 10.6 Å². The van der Waals surface area contributed by atoms with Gasteiger partial charge in [0.15, 0.2) is 11.7 Å². The number of hydrogen-bond acceptors (Lipinski definition) is 4. The highest BCUT2D eigenvalue weighted by Crippen LogP contribution is 2.46. The quantitative estimate of drug-likeness (QED) is 0.696. The van der Waals surface area contributed by atoms with Gasteiger partial charge in [0.2, 0.25) is 0 Å². The summed E-state index contributed by atoms with van der Waals surface area (Å²) in [6.07, 6.45) is -3.94. The van der Waals surface area contributed by atoms with Crippen molar-refractivity contribution >= 4 is 39.0 Å². The monoisotopic (exact) mass is 450 g/mol. The predicted molar refractivity (Wildman–Crippen MR) is 97.5 cm³/mol. The van der Waals surface area contributed by atoms with Gasteiger partial charge in [-0.1, -0.05) is 13.0 Å². The largest absolute Gasteiger partial charge is 0.410 e. The van der Waals surface area contributed by atoms with Gasteiger partial charge in [0.1, 0.15) is 5.82 Å². The van der Waals surface area contributed by atoms with E-state index >= 15 is 0 Å². The maximum Gasteiger partial charge on any atom is 0.410 e. The third kappa shape index (κ3) is 3.62. The minimum atomic E-state index is -4.47. The van der Waals surface area contributed by atoms with Crippen molar-refractivity contribution in [3.63, 3.8) is 0 Å². The first-order valence-electron chi connectivity index (χ1n) is 8.17. The predicted octanol–water partition coefficient (Wildman–Crippen LogP) is 4.90. The molecule has 142 valence electrons. The number of carbonyl (C=O) groups excluding carboxylic acids is 1. The van der Waals surface area contributed by atoms with E-state index in [0.29, 0.717) is 6.42 Å². The molecule has 3 heterocycles. The van der Waals surface area contributed by atoms with E-state index in [1.54, 1.807) is 12.1 Å². The number of aromatic nitrogens is 2. The molecule has 2 N–H and O–H groups in total. The first-order valence-corrected chi connectivity index (χ1v) is 9.85. The van der Waals surface area contributed by atoms with Crippen molar-refractivity contribution in [2.75, 3.05) is 5.32 Å². The number of hydrogen-bond donors (Lipinski definition) is 2. The highest BCUT2D eigenvalue weighted by atomic mass is 79.9. The topological polar surface area (TPSA) is 59.0 Å². The van der Waals surface area contributed by atoms with Crippen LogP contribution in [0, 0.1) is 0 Å². The number of rotatable bonds is 4. The molecule has 3 atom stereocenters. The van der Waals surface area contributed by atoms with Crippen molar-refractivity contribution in [1.82, 2.24) is 15.1 Å². The fraction of sp³-hybridized carbons (Fsp3) is 0.500. The Morgan fingerprint density at radius 2 is 2.31 bits per heavy atom. The highest BCUT2D eigenvalue weighted by molar-refractivity contribution is 9.10. The van der Waals surface area contributed by atoms with Gasteiger partial charge in [0.05, 0.1) is 10.5 Å². The van der Waals surface area contributed by atoms with Gasteiger partial charge >= 0.3 is 6.18 Å². The van der Waals surface area contributed by atoms with Crippen LogP contribution in [0.2, 0.25) is 0 Å². The zero-order valence-corrected chi connectivity index (χ0v) is 16.5. The number of anilines is 1. The SMILES string of the molecule is CC[C@@H](C)NC(=O)c1nn2c(c1Br)N[C@@H](c1cccs1)C[C@@H]2C(F)(F)F. The van der Waals surface area contributed by atoms with Gasteiger partial charge in [-0.15, -0.1) is 11.3 Å². The van der Waals surface area contributed by atoms with E-state index in [4.69, 9.17) is 0 Å². The van der Waals surface area contributed by atoms with E-state index in [0.717, 1.165) is 9.56 Å². The number of alkyl halides is 3. The van der Waals surface area contributed by atoms with Crippen molar-refractivity contribution in [3.8, 4) is 0 Å². The van der Waals surface area contributed by atoms with Crippen LogP contribution in [0.4, 0.5) is 19.0 Å². The summed E-state index contributed by atoms with van der Waals surface area (Å²) < 4.78 is 42.0. The summed E-state index contributed by atoms with van der Waals surface area (Å²) in [6.45, 7) is 3.73. The molecule has 0 bridgehead atoms. The molecular weight excluding hydrogens is 433 g/mol. The van der Waals surface area contributed by atoms with Gasteiger partial charge in [-0.3, -0.25) is 4.79 Å². The minimum absolute atomic E-state index is 0.0473. The molecule has 1 aliphatic heterocycles. The molecule has 5 nitrogen and oxygen atoms in total. The maximum absolute atomic E-state index is 13.6. The normalized spacial score (nSPS) is 21.0. The molecule has 0 radical (unpaired) electrons. The van der Waals surface area contributed by atoms with E-state index in [9.17, 15) is 18.0 Å². The summed E-state index contributed by atoms with van der Waals surface area (Å²) in [7, 11) is 0. The molecule has 10 heteroatoms. The lowest BCUT2D eigenvalue weighted by Gasteiger charge is -2.33. The summed E-state index contributed by atoms with van der Waals surface area (Å²) in [5, 5.41) is 11.6. The number of fused-ring (bicyclic) bond motifs is 1. The van der Waals surface area contributed by atoms with Crippen molar-refractivity contribution in [3.05, 3.63) is 32.6 Å². The lowest BCUT2D eigenvalue weighted by atomic mass is 10.0. The van der Waals surface area contributed by atoms with E-state index in [1.165, 1.54) is 11.3 Å². The molecule has 0 fully saturated rings. The first kappa shape index (κ1) is 19.2. The van der Waals surface area contributed by atoms with Gasteiger partial charge in [0, 0.05) is 17.3 Å². The molecule has 0 aliphatic carbocycles. The summed E-state index contributed by atoms with van der Waals surface area (Å²) in [5.41, 5.74) is -0.0473. The Hall–Kier alpha value is -1.55. The summed E-state index contributed by atoms with van der Waals surface area (Å²) >= 11 is 4.66. The molecule has 0 saturated carbocycles. The molecular formula is C16H18BrF3N4OS. The standard InChI is InChI=1S/C16H18BrF3N4OS/c1-3-8(2)21-15(25)13-12(17)14-22-9(10-5-4-6-26-10)7-11(16(18,19)20)24(14)23-13/h4-6,8-9,11,22H,3,7H2,1-2H3,(H,21,25)/t8-,9-,11-/m1/s1. The molecule has 2 aromatic rings. The van der Waals surface area contributed by atoms with Crippen LogP contribution in [0.1, 0.15) is 54.1 Å². The van der Waals surface area contributed by atoms with Crippen LogP contribution in [0.5, 0.6) is 0 Å². The summed E-state index contributed by atoms with van der Waals surface area (Å²) in [5.74, 6) is -0.324. The van der Waals surface area contributed by atoms with Crippen LogP contribution in [-0.2, 0) is 0 Å². The molecule has 2 aromatic heterocycles. The number of nitrogens with zero attached hydrogens (tertiary/aromatic N) is 2. The van der Waals surface area contributed by atoms with Gasteiger partial charge in [-0.2, -0.15) is 18.3 Å². The van der Waals surface area contributed by atoms with Crippen molar-refractivity contribution in [2.24, 2.45) is 0 Å². The number of amides is 1. The van der Waals surface area contributed by atoms with Crippen LogP contribution in [-0.4, -0.2) is 27.9 Å². The van der Waals surface area contributed by atoms with E-state index < -0.39 is 24.2 Å². The Morgan fingerprint density at radius 3 is 2.88 bits per heavy atom. The summed E-state index contributed by atoms with van der Waals surface area (Å²) in [4.78, 5) is 13.2. The number of thiophene rings is 1. The lowest BCUT2D eigenvalue weighted by Crippen LogP contribution is -2.36. The number of nitrogens with one attached hydrogen (secondary N) is 2. The maximum atomic E-state index is 13.6. The Kier molecular flexibility index (Phi) is 5.34. The molecule has 3 rings (SSSR count). The van der Waals surface area contributed by atoms with E-state index in [-0.39, 0.29) is 28.4 Å². The second-order valence-corrected chi connectivity index (χ2v) is 8.02. The van der Waals surface area contributed by atoms with Crippen molar-refractivity contribution < 1.29 is 18.0 Å². The second-order valence-electron chi connectivity index (χ2n) is 6.24.